The molecule has 0 saturated carbocycles. The summed E-state index contributed by atoms with van der Waals surface area (Å²) in [5.41, 5.74) is 0.377. The third kappa shape index (κ3) is 3.92. The molecular formula is C16H23N3O4. The van der Waals surface area contributed by atoms with Crippen LogP contribution in [0.2, 0.25) is 0 Å². The molecule has 0 aliphatic carbocycles. The van der Waals surface area contributed by atoms with E-state index >= 15 is 0 Å². The van der Waals surface area contributed by atoms with Gasteiger partial charge in [-0.25, -0.2) is 0 Å². The number of carbonyl (C=O) groups is 2. The normalized spacial score (nSPS) is 14.3. The van der Waals surface area contributed by atoms with Gasteiger partial charge in [-0.1, -0.05) is 6.07 Å². The molecule has 1 aliphatic rings. The Labute approximate surface area is 136 Å². The zero-order valence-corrected chi connectivity index (χ0v) is 13.8. The number of amides is 2. The number of piperazine rings is 1. The molecule has 0 atom stereocenters. The monoisotopic (exact) mass is 321 g/mol. The van der Waals surface area contributed by atoms with Crippen LogP contribution in [0.15, 0.2) is 18.2 Å². The molecule has 1 aromatic rings. The van der Waals surface area contributed by atoms with Gasteiger partial charge < -0.3 is 24.6 Å². The molecule has 1 heterocycles. The van der Waals surface area contributed by atoms with Crippen LogP contribution in [0, 0.1) is 0 Å². The number of hydrogen-bond acceptors (Lipinski definition) is 5. The summed E-state index contributed by atoms with van der Waals surface area (Å²) >= 11 is 0. The van der Waals surface area contributed by atoms with Gasteiger partial charge in [0.25, 0.3) is 5.91 Å². The first-order valence-electron chi connectivity index (χ1n) is 7.53. The lowest BCUT2D eigenvalue weighted by Gasteiger charge is -2.29. The lowest BCUT2D eigenvalue weighted by molar-refractivity contribution is -0.132. The van der Waals surface area contributed by atoms with Crippen LogP contribution in [0.1, 0.15) is 10.4 Å². The average Bonchev–Trinajstić information content (AvgIpc) is 2.60. The summed E-state index contributed by atoms with van der Waals surface area (Å²) in [5, 5.41) is 3.19. The minimum atomic E-state index is -0.274. The third-order valence-corrected chi connectivity index (χ3v) is 3.82. The van der Waals surface area contributed by atoms with Crippen molar-refractivity contribution >= 4 is 11.8 Å². The topological polar surface area (TPSA) is 71.1 Å². The second-order valence-electron chi connectivity index (χ2n) is 5.33. The number of ether oxygens (including phenoxy) is 2. The van der Waals surface area contributed by atoms with Crippen molar-refractivity contribution in [3.8, 4) is 11.5 Å². The highest BCUT2D eigenvalue weighted by Gasteiger charge is 2.23. The highest BCUT2D eigenvalue weighted by molar-refractivity contribution is 5.99. The van der Waals surface area contributed by atoms with Gasteiger partial charge in [-0.15, -0.1) is 0 Å². The smallest absolute Gasteiger partial charge is 0.257 e. The van der Waals surface area contributed by atoms with Crippen LogP contribution in [-0.4, -0.2) is 75.6 Å². The highest BCUT2D eigenvalue weighted by atomic mass is 16.5. The van der Waals surface area contributed by atoms with E-state index < -0.39 is 0 Å². The maximum absolute atomic E-state index is 12.6. The first-order chi connectivity index (χ1) is 11.1. The zero-order valence-electron chi connectivity index (χ0n) is 13.8. The molecule has 0 spiro atoms. The van der Waals surface area contributed by atoms with E-state index in [0.29, 0.717) is 30.2 Å². The van der Waals surface area contributed by atoms with Crippen molar-refractivity contribution in [1.29, 1.82) is 0 Å². The fourth-order valence-electron chi connectivity index (χ4n) is 2.55. The Hall–Kier alpha value is -2.28. The van der Waals surface area contributed by atoms with E-state index in [1.807, 2.05) is 0 Å². The maximum atomic E-state index is 12.6. The Bertz CT molecular complexity index is 570. The quantitative estimate of drug-likeness (QED) is 0.839. The molecule has 0 aromatic heterocycles. The van der Waals surface area contributed by atoms with Crippen LogP contribution in [0.4, 0.5) is 0 Å². The maximum Gasteiger partial charge on any atom is 0.257 e. The average molecular weight is 321 g/mol. The van der Waals surface area contributed by atoms with Crippen molar-refractivity contribution in [2.45, 2.75) is 0 Å². The number of likely N-dealkylation sites (N-methyl/N-ethyl adjacent to an activating group) is 1. The van der Waals surface area contributed by atoms with Crippen molar-refractivity contribution in [2.24, 2.45) is 0 Å². The summed E-state index contributed by atoms with van der Waals surface area (Å²) in [7, 11) is 4.62. The van der Waals surface area contributed by atoms with Crippen LogP contribution in [0.25, 0.3) is 0 Å². The molecule has 1 aliphatic heterocycles. The fourth-order valence-corrected chi connectivity index (χ4v) is 2.55. The molecule has 7 nitrogen and oxygen atoms in total. The van der Waals surface area contributed by atoms with E-state index in [9.17, 15) is 9.59 Å². The van der Waals surface area contributed by atoms with Crippen LogP contribution >= 0.6 is 0 Å². The Morgan fingerprint density at radius 2 is 1.91 bits per heavy atom. The molecule has 0 unspecified atom stereocenters. The molecule has 2 rings (SSSR count). The van der Waals surface area contributed by atoms with Crippen molar-refractivity contribution in [2.75, 3.05) is 54.0 Å². The molecule has 0 bridgehead atoms. The SMILES string of the molecule is COc1cccc(C(=O)N(C)CC(=O)N2CCNCC2)c1OC. The van der Waals surface area contributed by atoms with E-state index in [-0.39, 0.29) is 18.4 Å². The summed E-state index contributed by atoms with van der Waals surface area (Å²) in [6.45, 7) is 2.95. The molecule has 1 N–H and O–H groups in total. The summed E-state index contributed by atoms with van der Waals surface area (Å²) in [6.07, 6.45) is 0. The fraction of sp³-hybridized carbons (Fsp3) is 0.500. The molecule has 1 saturated heterocycles. The first kappa shape index (κ1) is 17.1. The lowest BCUT2D eigenvalue weighted by Crippen LogP contribution is -2.49. The van der Waals surface area contributed by atoms with Gasteiger partial charge in [-0.2, -0.15) is 0 Å². The molecule has 0 radical (unpaired) electrons. The minimum Gasteiger partial charge on any atom is -0.493 e. The number of nitrogens with one attached hydrogen (secondary N) is 1. The third-order valence-electron chi connectivity index (χ3n) is 3.82. The second-order valence-corrected chi connectivity index (χ2v) is 5.33. The van der Waals surface area contributed by atoms with Gasteiger partial charge in [-0.05, 0) is 12.1 Å². The summed E-state index contributed by atoms with van der Waals surface area (Å²) in [5.74, 6) is 0.537. The highest BCUT2D eigenvalue weighted by Crippen LogP contribution is 2.31. The number of nitrogens with zero attached hydrogens (tertiary/aromatic N) is 2. The van der Waals surface area contributed by atoms with Crippen molar-refractivity contribution in [3.63, 3.8) is 0 Å². The molecule has 2 amide bonds. The zero-order chi connectivity index (χ0) is 16.8. The van der Waals surface area contributed by atoms with Gasteiger partial charge in [0.15, 0.2) is 11.5 Å². The van der Waals surface area contributed by atoms with Crippen molar-refractivity contribution in [3.05, 3.63) is 23.8 Å². The van der Waals surface area contributed by atoms with Crippen LogP contribution in [0.5, 0.6) is 11.5 Å². The Balaban J connectivity index is 2.09. The van der Waals surface area contributed by atoms with Gasteiger partial charge in [0.05, 0.1) is 26.3 Å². The summed E-state index contributed by atoms with van der Waals surface area (Å²) < 4.78 is 10.5. The van der Waals surface area contributed by atoms with Gasteiger partial charge in [-0.3, -0.25) is 9.59 Å². The Morgan fingerprint density at radius 1 is 1.22 bits per heavy atom. The molecular weight excluding hydrogens is 298 g/mol. The molecule has 126 valence electrons. The Morgan fingerprint density at radius 3 is 2.52 bits per heavy atom. The lowest BCUT2D eigenvalue weighted by atomic mass is 10.1. The second kappa shape index (κ2) is 7.82. The standard InChI is InChI=1S/C16H23N3O4/c1-18(11-14(20)19-9-7-17-8-10-19)16(21)12-5-4-6-13(22-2)15(12)23-3/h4-6,17H,7-11H2,1-3H3. The number of hydrogen-bond donors (Lipinski definition) is 1. The van der Waals surface area contributed by atoms with E-state index in [1.54, 1.807) is 30.1 Å². The van der Waals surface area contributed by atoms with Gasteiger partial charge >= 0.3 is 0 Å². The van der Waals surface area contributed by atoms with Crippen molar-refractivity contribution in [1.82, 2.24) is 15.1 Å². The first-order valence-corrected chi connectivity index (χ1v) is 7.53. The van der Waals surface area contributed by atoms with Gasteiger partial charge in [0, 0.05) is 33.2 Å². The molecule has 1 fully saturated rings. The number of rotatable bonds is 5. The predicted octanol–water partition coefficient (Wildman–Crippen LogP) is 0.208. The van der Waals surface area contributed by atoms with E-state index in [1.165, 1.54) is 19.1 Å². The largest absolute Gasteiger partial charge is 0.493 e. The summed E-state index contributed by atoms with van der Waals surface area (Å²) in [6, 6.07) is 5.11. The van der Waals surface area contributed by atoms with E-state index in [0.717, 1.165) is 13.1 Å². The minimum absolute atomic E-state index is 0.0409. The summed E-state index contributed by atoms with van der Waals surface area (Å²) in [4.78, 5) is 28.1. The van der Waals surface area contributed by atoms with Crippen molar-refractivity contribution < 1.29 is 19.1 Å². The number of benzene rings is 1. The molecule has 1 aromatic carbocycles. The Kier molecular flexibility index (Phi) is 5.81. The van der Waals surface area contributed by atoms with Crippen LogP contribution < -0.4 is 14.8 Å². The van der Waals surface area contributed by atoms with Gasteiger partial charge in [0.2, 0.25) is 5.91 Å². The predicted molar refractivity (Wildman–Crippen MR) is 86.0 cm³/mol. The number of methoxy groups -OCH3 is 2. The van der Waals surface area contributed by atoms with Crippen LogP contribution in [-0.2, 0) is 4.79 Å². The van der Waals surface area contributed by atoms with Crippen LogP contribution in [0.3, 0.4) is 0 Å². The number of carbonyl (C=O) groups excluding carboxylic acids is 2. The number of para-hydroxylation sites is 1. The van der Waals surface area contributed by atoms with E-state index in [2.05, 4.69) is 5.32 Å². The molecule has 23 heavy (non-hydrogen) atoms. The molecule has 7 heteroatoms. The van der Waals surface area contributed by atoms with Gasteiger partial charge in [0.1, 0.15) is 0 Å². The van der Waals surface area contributed by atoms with E-state index in [4.69, 9.17) is 9.47 Å².